The van der Waals surface area contributed by atoms with Crippen LogP contribution >= 0.6 is 0 Å². The number of nitrogens with two attached hydrogens (primary N) is 1. The second kappa shape index (κ2) is 7.25. The molecule has 0 heterocycles. The molecule has 0 spiro atoms. The number of aliphatic hydroxyl groups excluding tert-OH is 1. The van der Waals surface area contributed by atoms with Crippen LogP contribution in [0.1, 0.15) is 51.9 Å². The number of hydrogen-bond donors (Lipinski definition) is 2. The van der Waals surface area contributed by atoms with Gasteiger partial charge in [0.2, 0.25) is 0 Å². The van der Waals surface area contributed by atoms with E-state index in [-0.39, 0.29) is 6.61 Å². The summed E-state index contributed by atoms with van der Waals surface area (Å²) >= 11 is 0. The standard InChI is InChI=1S/C13H27NO2/c1-13(14,11-15)8-5-9-16-10-12-6-3-2-4-7-12/h12,15H,2-11,14H2,1H3. The highest BCUT2D eigenvalue weighted by molar-refractivity contribution is 4.76. The van der Waals surface area contributed by atoms with Crippen LogP contribution in [0, 0.1) is 5.92 Å². The largest absolute Gasteiger partial charge is 0.394 e. The molecular formula is C13H27NO2. The summed E-state index contributed by atoms with van der Waals surface area (Å²) in [5, 5.41) is 8.99. The summed E-state index contributed by atoms with van der Waals surface area (Å²) in [5.41, 5.74) is 5.40. The average Bonchev–Trinajstić information content (AvgIpc) is 2.30. The van der Waals surface area contributed by atoms with Crippen molar-refractivity contribution >= 4 is 0 Å². The minimum Gasteiger partial charge on any atom is -0.394 e. The fraction of sp³-hybridized carbons (Fsp3) is 1.00. The van der Waals surface area contributed by atoms with Crippen LogP contribution in [0.2, 0.25) is 0 Å². The van der Waals surface area contributed by atoms with Gasteiger partial charge in [-0.05, 0) is 38.5 Å². The summed E-state index contributed by atoms with van der Waals surface area (Å²) in [6.45, 7) is 3.63. The van der Waals surface area contributed by atoms with Gasteiger partial charge in [-0.15, -0.1) is 0 Å². The van der Waals surface area contributed by atoms with E-state index >= 15 is 0 Å². The zero-order valence-corrected chi connectivity index (χ0v) is 10.6. The van der Waals surface area contributed by atoms with Gasteiger partial charge in [0, 0.05) is 18.8 Å². The monoisotopic (exact) mass is 229 g/mol. The molecule has 0 amide bonds. The Bertz CT molecular complexity index is 177. The van der Waals surface area contributed by atoms with E-state index in [0.717, 1.165) is 32.0 Å². The summed E-state index contributed by atoms with van der Waals surface area (Å²) in [7, 11) is 0. The Labute approximate surface area is 99.4 Å². The lowest BCUT2D eigenvalue weighted by atomic mass is 9.90. The van der Waals surface area contributed by atoms with E-state index in [0.29, 0.717) is 0 Å². The Kier molecular flexibility index (Phi) is 6.32. The normalized spacial score (nSPS) is 21.9. The fourth-order valence-corrected chi connectivity index (χ4v) is 2.26. The van der Waals surface area contributed by atoms with E-state index in [1.54, 1.807) is 0 Å². The molecule has 3 N–H and O–H groups in total. The highest BCUT2D eigenvalue weighted by atomic mass is 16.5. The number of rotatable bonds is 7. The molecule has 0 aromatic heterocycles. The molecule has 0 aliphatic heterocycles. The highest BCUT2D eigenvalue weighted by Crippen LogP contribution is 2.23. The van der Waals surface area contributed by atoms with Crippen molar-refractivity contribution in [3.8, 4) is 0 Å². The summed E-state index contributed by atoms with van der Waals surface area (Å²) in [5.74, 6) is 0.788. The van der Waals surface area contributed by atoms with Gasteiger partial charge in [-0.2, -0.15) is 0 Å². The van der Waals surface area contributed by atoms with Crippen molar-refractivity contribution < 1.29 is 9.84 Å². The number of ether oxygens (including phenoxy) is 1. The highest BCUT2D eigenvalue weighted by Gasteiger charge is 2.16. The first-order chi connectivity index (χ1) is 7.64. The van der Waals surface area contributed by atoms with Gasteiger partial charge in [-0.1, -0.05) is 19.3 Å². The second-order valence-electron chi connectivity index (χ2n) is 5.49. The van der Waals surface area contributed by atoms with Gasteiger partial charge in [0.25, 0.3) is 0 Å². The van der Waals surface area contributed by atoms with Crippen molar-refractivity contribution in [3.05, 3.63) is 0 Å². The van der Waals surface area contributed by atoms with E-state index in [2.05, 4.69) is 0 Å². The lowest BCUT2D eigenvalue weighted by Gasteiger charge is -2.23. The van der Waals surface area contributed by atoms with E-state index in [9.17, 15) is 0 Å². The molecule has 0 aromatic rings. The van der Waals surface area contributed by atoms with E-state index in [4.69, 9.17) is 15.6 Å². The van der Waals surface area contributed by atoms with Crippen LogP contribution in [0.3, 0.4) is 0 Å². The van der Waals surface area contributed by atoms with Crippen molar-refractivity contribution in [2.45, 2.75) is 57.4 Å². The molecule has 1 fully saturated rings. The molecule has 0 saturated heterocycles. The Hall–Kier alpha value is -0.120. The van der Waals surface area contributed by atoms with Crippen LogP contribution in [-0.2, 0) is 4.74 Å². The molecule has 1 saturated carbocycles. The van der Waals surface area contributed by atoms with Crippen molar-refractivity contribution in [2.75, 3.05) is 19.8 Å². The molecule has 3 nitrogen and oxygen atoms in total. The molecule has 1 unspecified atom stereocenters. The van der Waals surface area contributed by atoms with Gasteiger partial charge < -0.3 is 15.6 Å². The van der Waals surface area contributed by atoms with Gasteiger partial charge >= 0.3 is 0 Å². The van der Waals surface area contributed by atoms with Gasteiger partial charge in [0.15, 0.2) is 0 Å². The maximum atomic E-state index is 8.99. The smallest absolute Gasteiger partial charge is 0.0608 e. The van der Waals surface area contributed by atoms with Crippen LogP contribution in [0.4, 0.5) is 0 Å². The SMILES string of the molecule is CC(N)(CO)CCCOCC1CCCCC1. The van der Waals surface area contributed by atoms with Crippen molar-refractivity contribution in [1.82, 2.24) is 0 Å². The summed E-state index contributed by atoms with van der Waals surface area (Å²) in [4.78, 5) is 0. The summed E-state index contributed by atoms with van der Waals surface area (Å²) in [6.07, 6.45) is 8.60. The van der Waals surface area contributed by atoms with E-state index in [1.807, 2.05) is 6.92 Å². The van der Waals surface area contributed by atoms with Crippen molar-refractivity contribution in [3.63, 3.8) is 0 Å². The van der Waals surface area contributed by atoms with Crippen LogP contribution in [0.15, 0.2) is 0 Å². The first-order valence-corrected chi connectivity index (χ1v) is 6.61. The number of hydrogen-bond acceptors (Lipinski definition) is 3. The fourth-order valence-electron chi connectivity index (χ4n) is 2.26. The van der Waals surface area contributed by atoms with Crippen LogP contribution in [-0.4, -0.2) is 30.5 Å². The summed E-state index contributed by atoms with van der Waals surface area (Å²) in [6, 6.07) is 0. The Morgan fingerprint density at radius 1 is 1.31 bits per heavy atom. The first kappa shape index (κ1) is 13.9. The molecule has 1 aliphatic carbocycles. The summed E-state index contributed by atoms with van der Waals surface area (Å²) < 4.78 is 5.68. The molecule has 16 heavy (non-hydrogen) atoms. The maximum Gasteiger partial charge on any atom is 0.0608 e. The second-order valence-corrected chi connectivity index (χ2v) is 5.49. The molecule has 0 radical (unpaired) electrons. The maximum absolute atomic E-state index is 8.99. The Morgan fingerprint density at radius 3 is 2.62 bits per heavy atom. The van der Waals surface area contributed by atoms with Gasteiger partial charge in [-0.25, -0.2) is 0 Å². The van der Waals surface area contributed by atoms with Crippen LogP contribution in [0.25, 0.3) is 0 Å². The van der Waals surface area contributed by atoms with Crippen LogP contribution in [0.5, 0.6) is 0 Å². The molecule has 96 valence electrons. The molecule has 1 aliphatic rings. The van der Waals surface area contributed by atoms with Gasteiger partial charge in [0.05, 0.1) is 6.61 Å². The van der Waals surface area contributed by atoms with Crippen molar-refractivity contribution in [1.29, 1.82) is 0 Å². The van der Waals surface area contributed by atoms with E-state index in [1.165, 1.54) is 32.1 Å². The first-order valence-electron chi connectivity index (χ1n) is 6.61. The molecule has 3 heteroatoms. The lowest BCUT2D eigenvalue weighted by Crippen LogP contribution is -2.40. The molecule has 0 aromatic carbocycles. The zero-order chi connectivity index (χ0) is 11.9. The Balaban J connectivity index is 1.95. The van der Waals surface area contributed by atoms with Gasteiger partial charge in [0.1, 0.15) is 0 Å². The van der Waals surface area contributed by atoms with Crippen LogP contribution < -0.4 is 5.73 Å². The number of aliphatic hydroxyl groups is 1. The third-order valence-corrected chi connectivity index (χ3v) is 3.48. The molecular weight excluding hydrogens is 202 g/mol. The quantitative estimate of drug-likeness (QED) is 0.657. The third kappa shape index (κ3) is 5.83. The molecule has 1 atom stereocenters. The van der Waals surface area contributed by atoms with E-state index < -0.39 is 5.54 Å². The predicted octanol–water partition coefficient (Wildman–Crippen LogP) is 2.07. The zero-order valence-electron chi connectivity index (χ0n) is 10.6. The lowest BCUT2D eigenvalue weighted by molar-refractivity contribution is 0.0770. The predicted molar refractivity (Wildman–Crippen MR) is 66.3 cm³/mol. The van der Waals surface area contributed by atoms with Gasteiger partial charge in [-0.3, -0.25) is 0 Å². The third-order valence-electron chi connectivity index (χ3n) is 3.48. The van der Waals surface area contributed by atoms with Crippen molar-refractivity contribution in [2.24, 2.45) is 11.7 Å². The Morgan fingerprint density at radius 2 is 2.00 bits per heavy atom. The average molecular weight is 229 g/mol. The topological polar surface area (TPSA) is 55.5 Å². The minimum absolute atomic E-state index is 0.0512. The molecule has 0 bridgehead atoms. The minimum atomic E-state index is -0.436. The molecule has 1 rings (SSSR count).